The normalized spacial score (nSPS) is 12.0. The number of benzene rings is 2. The van der Waals surface area contributed by atoms with Crippen molar-refractivity contribution in [3.63, 3.8) is 0 Å². The lowest BCUT2D eigenvalue weighted by atomic mass is 10.2. The highest BCUT2D eigenvalue weighted by Gasteiger charge is 2.25. The van der Waals surface area contributed by atoms with Crippen LogP contribution in [0, 0.1) is 0 Å². The van der Waals surface area contributed by atoms with Crippen LogP contribution in [-0.2, 0) is 17.4 Å². The molecule has 0 aliphatic rings. The molecule has 0 amide bonds. The Morgan fingerprint density at radius 3 is 2.45 bits per heavy atom. The van der Waals surface area contributed by atoms with Crippen molar-refractivity contribution in [3.05, 3.63) is 94.9 Å². The first-order valence-corrected chi connectivity index (χ1v) is 12.0. The Labute approximate surface area is 184 Å². The van der Waals surface area contributed by atoms with Crippen LogP contribution in [-0.4, -0.2) is 28.2 Å². The van der Waals surface area contributed by atoms with Gasteiger partial charge in [-0.3, -0.25) is 9.36 Å². The zero-order valence-electron chi connectivity index (χ0n) is 17.4. The Morgan fingerprint density at radius 1 is 1.00 bits per heavy atom. The number of rotatable bonds is 8. The number of hydrogen-bond donors (Lipinski definition) is 0. The van der Waals surface area contributed by atoms with Gasteiger partial charge in [-0.15, -0.1) is 0 Å². The SMILES string of the molecule is C[S+](CCCOc1ccccc1)c1c([O-])c2cccnc2n(Cc2ccccc2)c1=O. The van der Waals surface area contributed by atoms with Gasteiger partial charge >= 0.3 is 5.56 Å². The zero-order chi connectivity index (χ0) is 21.6. The highest BCUT2D eigenvalue weighted by molar-refractivity contribution is 7.96. The third kappa shape index (κ3) is 4.75. The van der Waals surface area contributed by atoms with Crippen LogP contribution in [0.1, 0.15) is 12.0 Å². The van der Waals surface area contributed by atoms with Gasteiger partial charge in [0.05, 0.1) is 13.2 Å². The molecule has 2 heterocycles. The van der Waals surface area contributed by atoms with Gasteiger partial charge in [-0.25, -0.2) is 4.98 Å². The molecule has 0 N–H and O–H groups in total. The molecule has 158 valence electrons. The van der Waals surface area contributed by atoms with Crippen LogP contribution in [0.3, 0.4) is 0 Å². The first-order valence-electron chi connectivity index (χ1n) is 10.2. The van der Waals surface area contributed by atoms with Crippen molar-refractivity contribution in [3.8, 4) is 11.5 Å². The molecule has 31 heavy (non-hydrogen) atoms. The molecule has 0 spiro atoms. The second-order valence-corrected chi connectivity index (χ2v) is 9.36. The van der Waals surface area contributed by atoms with Crippen LogP contribution in [0.25, 0.3) is 11.0 Å². The Balaban J connectivity index is 1.60. The van der Waals surface area contributed by atoms with E-state index in [1.807, 2.05) is 66.9 Å². The first kappa shape index (κ1) is 21.0. The molecule has 0 fully saturated rings. The van der Waals surface area contributed by atoms with E-state index >= 15 is 0 Å². The Kier molecular flexibility index (Phi) is 6.57. The van der Waals surface area contributed by atoms with E-state index in [1.165, 1.54) is 0 Å². The van der Waals surface area contributed by atoms with E-state index in [9.17, 15) is 9.90 Å². The van der Waals surface area contributed by atoms with Crippen molar-refractivity contribution in [1.29, 1.82) is 0 Å². The molecule has 2 aromatic carbocycles. The van der Waals surface area contributed by atoms with Gasteiger partial charge in [-0.1, -0.05) is 54.6 Å². The number of aromatic nitrogens is 2. The van der Waals surface area contributed by atoms with Crippen molar-refractivity contribution in [2.75, 3.05) is 18.6 Å². The molecule has 0 radical (unpaired) electrons. The third-order valence-electron chi connectivity index (χ3n) is 5.07. The molecule has 4 rings (SSSR count). The van der Waals surface area contributed by atoms with Gasteiger partial charge < -0.3 is 9.84 Å². The van der Waals surface area contributed by atoms with Crippen molar-refractivity contribution in [2.45, 2.75) is 17.9 Å². The molecular formula is C25H24N2O3S. The standard InChI is InChI=1S/C25H24N2O3S/c1-31(17-9-16-30-20-12-6-3-7-13-20)23-22(28)21-14-8-15-26-24(21)27(25(23)29)18-19-10-4-2-5-11-19/h2-8,10-15H,9,16-18H2,1H3. The van der Waals surface area contributed by atoms with Crippen molar-refractivity contribution in [1.82, 2.24) is 9.55 Å². The predicted molar refractivity (Wildman–Crippen MR) is 124 cm³/mol. The fourth-order valence-electron chi connectivity index (χ4n) is 3.53. The van der Waals surface area contributed by atoms with Crippen LogP contribution in [0.4, 0.5) is 0 Å². The lowest BCUT2D eigenvalue weighted by Gasteiger charge is -2.18. The van der Waals surface area contributed by atoms with Crippen LogP contribution in [0.5, 0.6) is 11.5 Å². The average molecular weight is 433 g/mol. The highest BCUT2D eigenvalue weighted by Crippen LogP contribution is 2.27. The van der Waals surface area contributed by atoms with Crippen molar-refractivity contribution in [2.24, 2.45) is 0 Å². The maximum atomic E-state index is 13.4. The average Bonchev–Trinajstić information content (AvgIpc) is 2.81. The highest BCUT2D eigenvalue weighted by atomic mass is 32.2. The summed E-state index contributed by atoms with van der Waals surface area (Å²) in [6, 6.07) is 22.9. The van der Waals surface area contributed by atoms with E-state index in [2.05, 4.69) is 4.98 Å². The molecule has 6 heteroatoms. The minimum Gasteiger partial charge on any atom is -0.868 e. The van der Waals surface area contributed by atoms with E-state index in [-0.39, 0.29) is 11.3 Å². The molecule has 0 saturated heterocycles. The predicted octanol–water partition coefficient (Wildman–Crippen LogP) is 3.59. The Hall–Kier alpha value is -3.25. The summed E-state index contributed by atoms with van der Waals surface area (Å²) in [5.74, 6) is 1.34. The van der Waals surface area contributed by atoms with E-state index in [0.717, 1.165) is 17.7 Å². The summed E-state index contributed by atoms with van der Waals surface area (Å²) in [6.07, 6.45) is 4.35. The van der Waals surface area contributed by atoms with Crippen LogP contribution < -0.4 is 15.4 Å². The lowest BCUT2D eigenvalue weighted by molar-refractivity contribution is -0.270. The summed E-state index contributed by atoms with van der Waals surface area (Å²) in [4.78, 5) is 18.1. The van der Waals surface area contributed by atoms with Gasteiger partial charge in [-0.2, -0.15) is 0 Å². The molecule has 1 atom stereocenters. The van der Waals surface area contributed by atoms with Gasteiger partial charge in [0.25, 0.3) is 0 Å². The smallest absolute Gasteiger partial charge is 0.307 e. The van der Waals surface area contributed by atoms with Gasteiger partial charge in [0.15, 0.2) is 0 Å². The van der Waals surface area contributed by atoms with Crippen LogP contribution in [0.15, 0.2) is 88.7 Å². The monoisotopic (exact) mass is 432 g/mol. The molecule has 0 saturated carbocycles. The maximum absolute atomic E-state index is 13.4. The molecule has 0 aliphatic carbocycles. The number of para-hydroxylation sites is 1. The Bertz CT molecular complexity index is 1210. The second kappa shape index (κ2) is 9.71. The molecule has 0 aliphatic heterocycles. The van der Waals surface area contributed by atoms with Gasteiger partial charge in [0, 0.05) is 28.9 Å². The molecule has 5 nitrogen and oxygen atoms in total. The number of hydrogen-bond acceptors (Lipinski definition) is 4. The second-order valence-electron chi connectivity index (χ2n) is 7.27. The largest absolute Gasteiger partial charge is 0.868 e. The third-order valence-corrected chi connectivity index (χ3v) is 7.03. The molecular weight excluding hydrogens is 408 g/mol. The number of pyridine rings is 2. The van der Waals surface area contributed by atoms with E-state index in [1.54, 1.807) is 22.9 Å². The van der Waals surface area contributed by atoms with Crippen LogP contribution in [0.2, 0.25) is 0 Å². The zero-order valence-corrected chi connectivity index (χ0v) is 18.2. The summed E-state index contributed by atoms with van der Waals surface area (Å²) in [5.41, 5.74) is 1.19. The summed E-state index contributed by atoms with van der Waals surface area (Å²) in [7, 11) is -0.492. The van der Waals surface area contributed by atoms with Gasteiger partial charge in [0.2, 0.25) is 4.90 Å². The minimum absolute atomic E-state index is 0.202. The van der Waals surface area contributed by atoms with Gasteiger partial charge in [0.1, 0.15) is 23.4 Å². The summed E-state index contributed by atoms with van der Waals surface area (Å²) in [5, 5.41) is 13.7. The number of nitrogens with zero attached hydrogens (tertiary/aromatic N) is 2. The fraction of sp³-hybridized carbons (Fsp3) is 0.200. The molecule has 4 aromatic rings. The fourth-order valence-corrected chi connectivity index (χ4v) is 5.12. The molecule has 1 unspecified atom stereocenters. The summed E-state index contributed by atoms with van der Waals surface area (Å²) in [6.45, 7) is 0.928. The number of ether oxygens (including phenoxy) is 1. The lowest BCUT2D eigenvalue weighted by Crippen LogP contribution is -2.30. The summed E-state index contributed by atoms with van der Waals surface area (Å²) >= 11 is 0. The molecule has 2 aromatic heterocycles. The molecule has 0 bridgehead atoms. The van der Waals surface area contributed by atoms with E-state index in [0.29, 0.717) is 34.8 Å². The van der Waals surface area contributed by atoms with Gasteiger partial charge in [-0.05, 0) is 29.5 Å². The summed E-state index contributed by atoms with van der Waals surface area (Å²) < 4.78 is 7.39. The van der Waals surface area contributed by atoms with E-state index < -0.39 is 10.9 Å². The van der Waals surface area contributed by atoms with E-state index in [4.69, 9.17) is 4.74 Å². The van der Waals surface area contributed by atoms with Crippen LogP contribution >= 0.6 is 0 Å². The maximum Gasteiger partial charge on any atom is 0.307 e. The quantitative estimate of drug-likeness (QED) is 0.315. The Morgan fingerprint density at radius 2 is 1.71 bits per heavy atom. The van der Waals surface area contributed by atoms with Crippen molar-refractivity contribution < 1.29 is 9.84 Å². The minimum atomic E-state index is -0.492. The number of fused-ring (bicyclic) bond motifs is 1. The topological polar surface area (TPSA) is 67.2 Å². The first-order chi connectivity index (χ1) is 15.1. The van der Waals surface area contributed by atoms with Crippen molar-refractivity contribution >= 4 is 21.9 Å².